The largest absolute Gasteiger partial charge is 0.492 e. The van der Waals surface area contributed by atoms with E-state index in [9.17, 15) is 4.79 Å². The van der Waals surface area contributed by atoms with Crippen LogP contribution in [0, 0.1) is 5.92 Å². The van der Waals surface area contributed by atoms with Gasteiger partial charge in [0.05, 0.1) is 18.2 Å². The van der Waals surface area contributed by atoms with E-state index < -0.39 is 0 Å². The number of rotatable bonds is 4. The number of fused-ring (bicyclic) bond motifs is 1. The quantitative estimate of drug-likeness (QED) is 0.896. The minimum atomic E-state index is 0.0244. The second-order valence-electron chi connectivity index (χ2n) is 6.05. The number of anilines is 1. The van der Waals surface area contributed by atoms with Gasteiger partial charge in [-0.25, -0.2) is 0 Å². The fourth-order valence-electron chi connectivity index (χ4n) is 3.12. The smallest absolute Gasteiger partial charge is 0.228 e. The van der Waals surface area contributed by atoms with E-state index in [-0.39, 0.29) is 17.9 Å². The standard InChI is InChI=1S/C17H24N2O3/c1-3-21-16-8-13-7-11(2)22-15(13)9-14(16)19-17(20)12-5-4-6-18-10-12/h8-9,11-12,18H,3-7,10H2,1-2H3,(H,19,20). The number of hydrogen-bond acceptors (Lipinski definition) is 4. The minimum Gasteiger partial charge on any atom is -0.492 e. The van der Waals surface area contributed by atoms with Crippen molar-refractivity contribution in [2.45, 2.75) is 39.2 Å². The van der Waals surface area contributed by atoms with Crippen molar-refractivity contribution in [3.8, 4) is 11.5 Å². The van der Waals surface area contributed by atoms with Gasteiger partial charge < -0.3 is 20.1 Å². The Morgan fingerprint density at radius 3 is 3.09 bits per heavy atom. The van der Waals surface area contributed by atoms with Gasteiger partial charge in [-0.05, 0) is 39.3 Å². The molecule has 2 unspecified atom stereocenters. The Morgan fingerprint density at radius 2 is 2.36 bits per heavy atom. The number of benzene rings is 1. The summed E-state index contributed by atoms with van der Waals surface area (Å²) >= 11 is 0. The van der Waals surface area contributed by atoms with Crippen LogP contribution in [0.5, 0.6) is 11.5 Å². The molecule has 2 aliphatic heterocycles. The third-order valence-corrected chi connectivity index (χ3v) is 4.22. The lowest BCUT2D eigenvalue weighted by Crippen LogP contribution is -2.37. The molecule has 2 aliphatic rings. The first kappa shape index (κ1) is 15.2. The predicted molar refractivity (Wildman–Crippen MR) is 85.6 cm³/mol. The summed E-state index contributed by atoms with van der Waals surface area (Å²) in [5.74, 6) is 1.67. The summed E-state index contributed by atoms with van der Waals surface area (Å²) in [6.07, 6.45) is 3.04. The van der Waals surface area contributed by atoms with Gasteiger partial charge in [-0.15, -0.1) is 0 Å². The van der Waals surface area contributed by atoms with E-state index >= 15 is 0 Å². The van der Waals surface area contributed by atoms with E-state index in [1.54, 1.807) is 0 Å². The van der Waals surface area contributed by atoms with Gasteiger partial charge in [0.15, 0.2) is 0 Å². The maximum Gasteiger partial charge on any atom is 0.228 e. The van der Waals surface area contributed by atoms with Gasteiger partial charge in [0.1, 0.15) is 17.6 Å². The molecule has 5 nitrogen and oxygen atoms in total. The molecule has 0 radical (unpaired) electrons. The molecule has 0 bridgehead atoms. The highest BCUT2D eigenvalue weighted by atomic mass is 16.5. The highest BCUT2D eigenvalue weighted by molar-refractivity contribution is 5.94. The highest BCUT2D eigenvalue weighted by Crippen LogP contribution is 2.38. The van der Waals surface area contributed by atoms with Crippen LogP contribution in [0.1, 0.15) is 32.3 Å². The van der Waals surface area contributed by atoms with Crippen LogP contribution in [0.3, 0.4) is 0 Å². The fraction of sp³-hybridized carbons (Fsp3) is 0.588. The molecule has 0 aromatic heterocycles. The maximum atomic E-state index is 12.4. The average molecular weight is 304 g/mol. The van der Waals surface area contributed by atoms with Gasteiger partial charge in [-0.1, -0.05) is 0 Å². The van der Waals surface area contributed by atoms with E-state index in [2.05, 4.69) is 10.6 Å². The van der Waals surface area contributed by atoms with Gasteiger partial charge in [-0.2, -0.15) is 0 Å². The second-order valence-corrected chi connectivity index (χ2v) is 6.05. The van der Waals surface area contributed by atoms with Crippen LogP contribution in [-0.2, 0) is 11.2 Å². The maximum absolute atomic E-state index is 12.4. The van der Waals surface area contributed by atoms with Crippen molar-refractivity contribution in [1.82, 2.24) is 5.32 Å². The summed E-state index contributed by atoms with van der Waals surface area (Å²) in [4.78, 5) is 12.4. The number of hydrogen-bond donors (Lipinski definition) is 2. The molecule has 1 fully saturated rings. The normalized spacial score (nSPS) is 23.5. The van der Waals surface area contributed by atoms with Crippen molar-refractivity contribution < 1.29 is 14.3 Å². The Balaban J connectivity index is 1.79. The predicted octanol–water partition coefficient (Wildman–Crippen LogP) is 2.35. The summed E-state index contributed by atoms with van der Waals surface area (Å²) < 4.78 is 11.5. The van der Waals surface area contributed by atoms with Gasteiger partial charge in [0.25, 0.3) is 0 Å². The highest BCUT2D eigenvalue weighted by Gasteiger charge is 2.25. The van der Waals surface area contributed by atoms with Crippen LogP contribution < -0.4 is 20.1 Å². The summed E-state index contributed by atoms with van der Waals surface area (Å²) in [6, 6.07) is 3.90. The van der Waals surface area contributed by atoms with Crippen molar-refractivity contribution in [3.05, 3.63) is 17.7 Å². The molecule has 0 spiro atoms. The van der Waals surface area contributed by atoms with E-state index in [4.69, 9.17) is 9.47 Å². The van der Waals surface area contributed by atoms with Crippen LogP contribution >= 0.6 is 0 Å². The number of carbonyl (C=O) groups is 1. The summed E-state index contributed by atoms with van der Waals surface area (Å²) in [5.41, 5.74) is 1.86. The zero-order valence-electron chi connectivity index (χ0n) is 13.3. The van der Waals surface area contributed by atoms with Crippen molar-refractivity contribution >= 4 is 11.6 Å². The lowest BCUT2D eigenvalue weighted by Gasteiger charge is -2.22. The first-order chi connectivity index (χ1) is 10.7. The van der Waals surface area contributed by atoms with Gasteiger partial charge in [-0.3, -0.25) is 4.79 Å². The molecule has 0 aliphatic carbocycles. The summed E-state index contributed by atoms with van der Waals surface area (Å²) in [5, 5.41) is 6.30. The lowest BCUT2D eigenvalue weighted by molar-refractivity contribution is -0.120. The average Bonchev–Trinajstić information content (AvgIpc) is 2.87. The van der Waals surface area contributed by atoms with Gasteiger partial charge >= 0.3 is 0 Å². The Hall–Kier alpha value is -1.75. The summed E-state index contributed by atoms with van der Waals surface area (Å²) in [6.45, 7) is 6.31. The Labute approximate surface area is 131 Å². The molecule has 1 aromatic rings. The minimum absolute atomic E-state index is 0.0244. The van der Waals surface area contributed by atoms with Crippen molar-refractivity contribution in [2.75, 3.05) is 25.0 Å². The van der Waals surface area contributed by atoms with Crippen LogP contribution in [0.25, 0.3) is 0 Å². The second kappa shape index (κ2) is 6.57. The van der Waals surface area contributed by atoms with Crippen molar-refractivity contribution in [1.29, 1.82) is 0 Å². The van der Waals surface area contributed by atoms with Crippen LogP contribution in [0.2, 0.25) is 0 Å². The SMILES string of the molecule is CCOc1cc2c(cc1NC(=O)C1CCCNC1)OC(C)C2. The molecule has 3 rings (SSSR count). The Bertz CT molecular complexity index is 553. The molecule has 2 atom stereocenters. The first-order valence-electron chi connectivity index (χ1n) is 8.15. The number of nitrogens with one attached hydrogen (secondary N) is 2. The molecule has 120 valence electrons. The van der Waals surface area contributed by atoms with Gasteiger partial charge in [0.2, 0.25) is 5.91 Å². The molecule has 22 heavy (non-hydrogen) atoms. The topological polar surface area (TPSA) is 59.6 Å². The molecule has 2 N–H and O–H groups in total. The molecule has 0 saturated carbocycles. The number of amides is 1. The lowest BCUT2D eigenvalue weighted by atomic mass is 9.98. The van der Waals surface area contributed by atoms with E-state index in [0.717, 1.165) is 49.4 Å². The first-order valence-corrected chi connectivity index (χ1v) is 8.15. The zero-order valence-corrected chi connectivity index (χ0v) is 13.3. The number of ether oxygens (including phenoxy) is 2. The van der Waals surface area contributed by atoms with Crippen LogP contribution in [0.15, 0.2) is 12.1 Å². The summed E-state index contributed by atoms with van der Waals surface area (Å²) in [7, 11) is 0. The van der Waals surface area contributed by atoms with E-state index in [1.807, 2.05) is 26.0 Å². The molecule has 1 amide bonds. The van der Waals surface area contributed by atoms with Crippen molar-refractivity contribution in [2.24, 2.45) is 5.92 Å². The number of piperidine rings is 1. The molecule has 1 aromatic carbocycles. The molecular formula is C17H24N2O3. The molecule has 1 saturated heterocycles. The Morgan fingerprint density at radius 1 is 1.50 bits per heavy atom. The van der Waals surface area contributed by atoms with Crippen LogP contribution in [0.4, 0.5) is 5.69 Å². The number of carbonyl (C=O) groups excluding carboxylic acids is 1. The molecular weight excluding hydrogens is 280 g/mol. The monoisotopic (exact) mass is 304 g/mol. The van der Waals surface area contributed by atoms with E-state index in [1.165, 1.54) is 0 Å². The molecule has 5 heteroatoms. The molecule has 2 heterocycles. The third-order valence-electron chi connectivity index (χ3n) is 4.22. The third kappa shape index (κ3) is 3.19. The van der Waals surface area contributed by atoms with Crippen LogP contribution in [-0.4, -0.2) is 31.7 Å². The fourth-order valence-corrected chi connectivity index (χ4v) is 3.12. The zero-order chi connectivity index (χ0) is 15.5. The van der Waals surface area contributed by atoms with E-state index in [0.29, 0.717) is 12.3 Å². The van der Waals surface area contributed by atoms with Crippen molar-refractivity contribution in [3.63, 3.8) is 0 Å². The Kier molecular flexibility index (Phi) is 4.52. The van der Waals surface area contributed by atoms with Gasteiger partial charge in [0, 0.05) is 24.6 Å².